The number of hydrogen-bond acceptors (Lipinski definition) is 1. The van der Waals surface area contributed by atoms with Crippen molar-refractivity contribution in [2.75, 3.05) is 0 Å². The minimum absolute atomic E-state index is 0.344. The number of hydrogen-bond donors (Lipinski definition) is 0. The first-order valence-corrected chi connectivity index (χ1v) is 5.86. The van der Waals surface area contributed by atoms with E-state index in [4.69, 9.17) is 16.0 Å². The van der Waals surface area contributed by atoms with Crippen molar-refractivity contribution < 1.29 is 4.42 Å². The van der Waals surface area contributed by atoms with Gasteiger partial charge in [0, 0.05) is 11.8 Å². The Morgan fingerprint density at radius 1 is 1.62 bits per heavy atom. The predicted octanol–water partition coefficient (Wildman–Crippen LogP) is 3.99. The second kappa shape index (κ2) is 4.05. The molecular weight excluding hydrogens is 251 g/mol. The second-order valence-corrected chi connectivity index (χ2v) is 5.00. The molecule has 1 atom stereocenters. The van der Waals surface area contributed by atoms with E-state index in [-0.39, 0.29) is 0 Å². The molecule has 0 aliphatic heterocycles. The van der Waals surface area contributed by atoms with Crippen molar-refractivity contribution in [3.8, 4) is 0 Å². The SMILES string of the molecule is ClC(CCc1occc1Br)C1CC1. The lowest BCUT2D eigenvalue weighted by atomic mass is 10.1. The minimum atomic E-state index is 0.344. The molecule has 1 saturated carbocycles. The van der Waals surface area contributed by atoms with Crippen LogP contribution in [0.3, 0.4) is 0 Å². The van der Waals surface area contributed by atoms with Crippen LogP contribution in [0.25, 0.3) is 0 Å². The highest BCUT2D eigenvalue weighted by Crippen LogP contribution is 2.37. The van der Waals surface area contributed by atoms with Gasteiger partial charge >= 0.3 is 0 Å². The summed E-state index contributed by atoms with van der Waals surface area (Å²) in [5.74, 6) is 1.79. The Morgan fingerprint density at radius 2 is 2.38 bits per heavy atom. The van der Waals surface area contributed by atoms with Crippen molar-refractivity contribution in [3.63, 3.8) is 0 Å². The molecule has 3 heteroatoms. The lowest BCUT2D eigenvalue weighted by Crippen LogP contribution is -2.02. The Hall–Kier alpha value is 0.0500. The van der Waals surface area contributed by atoms with Gasteiger partial charge in [0.25, 0.3) is 0 Å². The van der Waals surface area contributed by atoms with Gasteiger partial charge in [-0.2, -0.15) is 0 Å². The summed E-state index contributed by atoms with van der Waals surface area (Å²) >= 11 is 9.62. The summed E-state index contributed by atoms with van der Waals surface area (Å²) in [7, 11) is 0. The van der Waals surface area contributed by atoms with Crippen molar-refractivity contribution in [2.24, 2.45) is 5.92 Å². The molecule has 1 fully saturated rings. The van der Waals surface area contributed by atoms with Gasteiger partial charge in [0.1, 0.15) is 5.76 Å². The normalized spacial score (nSPS) is 18.9. The van der Waals surface area contributed by atoms with Gasteiger partial charge in [0.05, 0.1) is 10.7 Å². The van der Waals surface area contributed by atoms with Crippen molar-refractivity contribution in [1.82, 2.24) is 0 Å². The highest BCUT2D eigenvalue weighted by molar-refractivity contribution is 9.10. The summed E-state index contributed by atoms with van der Waals surface area (Å²) in [6.07, 6.45) is 6.30. The molecule has 2 rings (SSSR count). The highest BCUT2D eigenvalue weighted by atomic mass is 79.9. The molecule has 1 aromatic heterocycles. The quantitative estimate of drug-likeness (QED) is 0.749. The summed E-state index contributed by atoms with van der Waals surface area (Å²) in [5.41, 5.74) is 0. The molecule has 1 aromatic rings. The molecule has 1 nitrogen and oxygen atoms in total. The maximum absolute atomic E-state index is 6.19. The van der Waals surface area contributed by atoms with E-state index in [1.807, 2.05) is 6.07 Å². The largest absolute Gasteiger partial charge is 0.468 e. The Bertz CT molecular complexity index is 280. The van der Waals surface area contributed by atoms with Gasteiger partial charge in [0.15, 0.2) is 0 Å². The van der Waals surface area contributed by atoms with Crippen LogP contribution in [0.5, 0.6) is 0 Å². The van der Waals surface area contributed by atoms with Gasteiger partial charge in [-0.15, -0.1) is 11.6 Å². The van der Waals surface area contributed by atoms with Crippen molar-refractivity contribution in [2.45, 2.75) is 31.1 Å². The fourth-order valence-electron chi connectivity index (χ4n) is 1.47. The van der Waals surface area contributed by atoms with Crippen LogP contribution in [0.15, 0.2) is 21.2 Å². The highest BCUT2D eigenvalue weighted by Gasteiger charge is 2.29. The molecule has 0 amide bonds. The first-order valence-electron chi connectivity index (χ1n) is 4.63. The molecule has 0 N–H and O–H groups in total. The second-order valence-electron chi connectivity index (χ2n) is 3.58. The molecule has 1 aliphatic carbocycles. The molecule has 72 valence electrons. The average molecular weight is 264 g/mol. The topological polar surface area (TPSA) is 13.1 Å². The first kappa shape index (κ1) is 9.60. The van der Waals surface area contributed by atoms with E-state index in [0.717, 1.165) is 29.0 Å². The van der Waals surface area contributed by atoms with Crippen molar-refractivity contribution in [3.05, 3.63) is 22.6 Å². The Balaban J connectivity index is 1.81. The van der Waals surface area contributed by atoms with Crippen LogP contribution in [0.4, 0.5) is 0 Å². The average Bonchev–Trinajstić information content (AvgIpc) is 2.88. The van der Waals surface area contributed by atoms with E-state index >= 15 is 0 Å². The number of rotatable bonds is 4. The fraction of sp³-hybridized carbons (Fsp3) is 0.600. The van der Waals surface area contributed by atoms with Crippen molar-refractivity contribution in [1.29, 1.82) is 0 Å². The van der Waals surface area contributed by atoms with Gasteiger partial charge < -0.3 is 4.42 Å². The van der Waals surface area contributed by atoms with Crippen LogP contribution in [0.1, 0.15) is 25.0 Å². The zero-order valence-electron chi connectivity index (χ0n) is 7.30. The smallest absolute Gasteiger partial charge is 0.117 e. The summed E-state index contributed by atoms with van der Waals surface area (Å²) in [6.45, 7) is 0. The van der Waals surface area contributed by atoms with Gasteiger partial charge in [0.2, 0.25) is 0 Å². The third kappa shape index (κ3) is 2.50. The molecule has 0 radical (unpaired) electrons. The minimum Gasteiger partial charge on any atom is -0.468 e. The molecule has 13 heavy (non-hydrogen) atoms. The zero-order chi connectivity index (χ0) is 9.26. The summed E-state index contributed by atoms with van der Waals surface area (Å²) < 4.78 is 6.37. The van der Waals surface area contributed by atoms with E-state index in [0.29, 0.717) is 5.38 Å². The molecule has 0 spiro atoms. The van der Waals surface area contributed by atoms with Crippen LogP contribution in [-0.2, 0) is 6.42 Å². The Morgan fingerprint density at radius 3 is 2.92 bits per heavy atom. The Kier molecular flexibility index (Phi) is 2.99. The molecule has 0 bridgehead atoms. The van der Waals surface area contributed by atoms with Gasteiger partial charge in [-0.3, -0.25) is 0 Å². The number of alkyl halides is 1. The lowest BCUT2D eigenvalue weighted by Gasteiger charge is -2.05. The fourth-order valence-corrected chi connectivity index (χ4v) is 2.23. The standard InChI is InChI=1S/C10H12BrClO/c11-8-5-6-13-10(8)4-3-9(12)7-1-2-7/h5-7,9H,1-4H2. The van der Waals surface area contributed by atoms with Gasteiger partial charge in [-0.25, -0.2) is 0 Å². The van der Waals surface area contributed by atoms with Gasteiger partial charge in [-0.05, 0) is 47.2 Å². The number of aryl methyl sites for hydroxylation is 1. The van der Waals surface area contributed by atoms with E-state index in [1.54, 1.807) is 6.26 Å². The summed E-state index contributed by atoms with van der Waals surface area (Å²) in [5, 5.41) is 0.344. The molecule has 0 saturated heterocycles. The number of halogens is 2. The van der Waals surface area contributed by atoms with E-state index in [1.165, 1.54) is 12.8 Å². The van der Waals surface area contributed by atoms with Crippen LogP contribution in [0, 0.1) is 5.92 Å². The Labute approximate surface area is 91.6 Å². The zero-order valence-corrected chi connectivity index (χ0v) is 9.64. The van der Waals surface area contributed by atoms with Crippen LogP contribution in [0.2, 0.25) is 0 Å². The molecule has 1 heterocycles. The summed E-state index contributed by atoms with van der Waals surface area (Å²) in [6, 6.07) is 1.93. The molecular formula is C10H12BrClO. The number of furan rings is 1. The first-order chi connectivity index (χ1) is 6.27. The third-order valence-corrected chi connectivity index (χ3v) is 3.75. The van der Waals surface area contributed by atoms with E-state index in [9.17, 15) is 0 Å². The lowest BCUT2D eigenvalue weighted by molar-refractivity contribution is 0.492. The summed E-state index contributed by atoms with van der Waals surface area (Å²) in [4.78, 5) is 0. The van der Waals surface area contributed by atoms with Crippen LogP contribution >= 0.6 is 27.5 Å². The maximum Gasteiger partial charge on any atom is 0.117 e. The molecule has 0 aromatic carbocycles. The predicted molar refractivity (Wildman–Crippen MR) is 57.1 cm³/mol. The van der Waals surface area contributed by atoms with E-state index < -0.39 is 0 Å². The monoisotopic (exact) mass is 262 g/mol. The van der Waals surface area contributed by atoms with E-state index in [2.05, 4.69) is 15.9 Å². The maximum atomic E-state index is 6.19. The molecule has 1 unspecified atom stereocenters. The molecule has 1 aliphatic rings. The van der Waals surface area contributed by atoms with Gasteiger partial charge in [-0.1, -0.05) is 0 Å². The third-order valence-electron chi connectivity index (χ3n) is 2.47. The van der Waals surface area contributed by atoms with Crippen molar-refractivity contribution >= 4 is 27.5 Å². The van der Waals surface area contributed by atoms with Crippen LogP contribution < -0.4 is 0 Å². The van der Waals surface area contributed by atoms with Crippen LogP contribution in [-0.4, -0.2) is 5.38 Å².